The van der Waals surface area contributed by atoms with Gasteiger partial charge in [0.25, 0.3) is 0 Å². The Morgan fingerprint density at radius 2 is 2.12 bits per heavy atom. The van der Waals surface area contributed by atoms with E-state index in [0.29, 0.717) is 12.6 Å². The first-order chi connectivity index (χ1) is 8.19. The second-order valence-corrected chi connectivity index (χ2v) is 4.69. The molecule has 0 amide bonds. The Morgan fingerprint density at radius 1 is 1.35 bits per heavy atom. The van der Waals surface area contributed by atoms with Crippen LogP contribution in [0.4, 0.5) is 0 Å². The van der Waals surface area contributed by atoms with E-state index < -0.39 is 0 Å². The van der Waals surface area contributed by atoms with Crippen LogP contribution in [0.2, 0.25) is 0 Å². The summed E-state index contributed by atoms with van der Waals surface area (Å²) in [6, 6.07) is 9.06. The maximum absolute atomic E-state index is 5.84. The monoisotopic (exact) mass is 231 g/mol. The summed E-state index contributed by atoms with van der Waals surface area (Å²) < 4.78 is 2.38. The SMILES string of the molecule is CNCc1cc2cccc(CN)c2n1C(C)C. The van der Waals surface area contributed by atoms with Gasteiger partial charge in [0.15, 0.2) is 0 Å². The number of benzene rings is 1. The van der Waals surface area contributed by atoms with Gasteiger partial charge in [-0.25, -0.2) is 0 Å². The molecule has 3 N–H and O–H groups in total. The van der Waals surface area contributed by atoms with Crippen LogP contribution in [0.5, 0.6) is 0 Å². The first kappa shape index (κ1) is 12.1. The highest BCUT2D eigenvalue weighted by Gasteiger charge is 2.13. The van der Waals surface area contributed by atoms with Crippen LogP contribution < -0.4 is 11.1 Å². The highest BCUT2D eigenvalue weighted by molar-refractivity contribution is 5.84. The lowest BCUT2D eigenvalue weighted by molar-refractivity contribution is 0.580. The van der Waals surface area contributed by atoms with Crippen molar-refractivity contribution in [2.75, 3.05) is 7.05 Å². The number of nitrogens with zero attached hydrogens (tertiary/aromatic N) is 1. The van der Waals surface area contributed by atoms with Crippen molar-refractivity contribution in [3.8, 4) is 0 Å². The molecule has 17 heavy (non-hydrogen) atoms. The molecular weight excluding hydrogens is 210 g/mol. The van der Waals surface area contributed by atoms with Crippen LogP contribution in [0.15, 0.2) is 24.3 Å². The molecule has 0 atom stereocenters. The average molecular weight is 231 g/mol. The van der Waals surface area contributed by atoms with Crippen molar-refractivity contribution in [1.29, 1.82) is 0 Å². The van der Waals surface area contributed by atoms with E-state index in [9.17, 15) is 0 Å². The molecule has 3 nitrogen and oxygen atoms in total. The summed E-state index contributed by atoms with van der Waals surface area (Å²) in [4.78, 5) is 0. The van der Waals surface area contributed by atoms with Crippen molar-refractivity contribution in [3.63, 3.8) is 0 Å². The fourth-order valence-corrected chi connectivity index (χ4v) is 2.49. The fraction of sp³-hybridized carbons (Fsp3) is 0.429. The molecule has 0 aliphatic carbocycles. The van der Waals surface area contributed by atoms with Crippen LogP contribution in [0, 0.1) is 0 Å². The Kier molecular flexibility index (Phi) is 3.50. The zero-order valence-electron chi connectivity index (χ0n) is 10.8. The lowest BCUT2D eigenvalue weighted by Crippen LogP contribution is -2.13. The third-order valence-electron chi connectivity index (χ3n) is 3.12. The Hall–Kier alpha value is -1.32. The number of hydrogen-bond donors (Lipinski definition) is 2. The van der Waals surface area contributed by atoms with Gasteiger partial charge in [0.1, 0.15) is 0 Å². The molecule has 1 aromatic heterocycles. The van der Waals surface area contributed by atoms with Gasteiger partial charge in [-0.15, -0.1) is 0 Å². The fourth-order valence-electron chi connectivity index (χ4n) is 2.49. The van der Waals surface area contributed by atoms with Gasteiger partial charge < -0.3 is 15.6 Å². The molecular formula is C14H21N3. The zero-order chi connectivity index (χ0) is 12.4. The van der Waals surface area contributed by atoms with Crippen LogP contribution in [0.25, 0.3) is 10.9 Å². The Morgan fingerprint density at radius 3 is 2.71 bits per heavy atom. The Labute approximate surface area is 103 Å². The first-order valence-corrected chi connectivity index (χ1v) is 6.15. The molecule has 1 aromatic carbocycles. The molecule has 0 saturated carbocycles. The summed E-state index contributed by atoms with van der Waals surface area (Å²) in [5, 5.41) is 4.51. The highest BCUT2D eigenvalue weighted by Crippen LogP contribution is 2.27. The molecule has 0 spiro atoms. The van der Waals surface area contributed by atoms with E-state index in [-0.39, 0.29) is 0 Å². The second-order valence-electron chi connectivity index (χ2n) is 4.69. The first-order valence-electron chi connectivity index (χ1n) is 6.15. The van der Waals surface area contributed by atoms with Gasteiger partial charge in [0.2, 0.25) is 0 Å². The van der Waals surface area contributed by atoms with Gasteiger partial charge in [-0.1, -0.05) is 18.2 Å². The van der Waals surface area contributed by atoms with Crippen LogP contribution in [0.3, 0.4) is 0 Å². The maximum atomic E-state index is 5.84. The average Bonchev–Trinajstić information content (AvgIpc) is 2.67. The summed E-state index contributed by atoms with van der Waals surface area (Å²) in [6.07, 6.45) is 0. The Bertz CT molecular complexity index is 511. The minimum absolute atomic E-state index is 0.448. The molecule has 0 unspecified atom stereocenters. The molecule has 0 aliphatic heterocycles. The van der Waals surface area contributed by atoms with Gasteiger partial charge >= 0.3 is 0 Å². The van der Waals surface area contributed by atoms with Gasteiger partial charge in [-0.2, -0.15) is 0 Å². The second kappa shape index (κ2) is 4.90. The summed E-state index contributed by atoms with van der Waals surface area (Å²) in [5.74, 6) is 0. The molecule has 0 saturated heterocycles. The molecule has 0 radical (unpaired) electrons. The lowest BCUT2D eigenvalue weighted by atomic mass is 10.1. The number of fused-ring (bicyclic) bond motifs is 1. The summed E-state index contributed by atoms with van der Waals surface area (Å²) >= 11 is 0. The zero-order valence-corrected chi connectivity index (χ0v) is 10.8. The van der Waals surface area contributed by atoms with E-state index >= 15 is 0 Å². The molecule has 2 aromatic rings. The molecule has 0 fully saturated rings. The molecule has 3 heteroatoms. The van der Waals surface area contributed by atoms with Crippen molar-refractivity contribution < 1.29 is 0 Å². The number of nitrogens with one attached hydrogen (secondary N) is 1. The lowest BCUT2D eigenvalue weighted by Gasteiger charge is -2.16. The predicted octanol–water partition coefficient (Wildman–Crippen LogP) is 2.40. The number of hydrogen-bond acceptors (Lipinski definition) is 2. The summed E-state index contributed by atoms with van der Waals surface area (Å²) in [6.45, 7) is 5.90. The van der Waals surface area contributed by atoms with Crippen molar-refractivity contribution in [2.24, 2.45) is 5.73 Å². The largest absolute Gasteiger partial charge is 0.341 e. The quantitative estimate of drug-likeness (QED) is 0.848. The number of rotatable bonds is 4. The molecule has 2 rings (SSSR count). The topological polar surface area (TPSA) is 43.0 Å². The van der Waals surface area contributed by atoms with E-state index in [4.69, 9.17) is 5.73 Å². The van der Waals surface area contributed by atoms with Crippen LogP contribution in [0.1, 0.15) is 31.1 Å². The van der Waals surface area contributed by atoms with Gasteiger partial charge in [-0.05, 0) is 32.5 Å². The van der Waals surface area contributed by atoms with Crippen LogP contribution in [-0.2, 0) is 13.1 Å². The predicted molar refractivity (Wildman–Crippen MR) is 73.0 cm³/mol. The van der Waals surface area contributed by atoms with Crippen molar-refractivity contribution in [1.82, 2.24) is 9.88 Å². The number of aromatic nitrogens is 1. The smallest absolute Gasteiger partial charge is 0.0530 e. The molecule has 0 aliphatic rings. The third-order valence-corrected chi connectivity index (χ3v) is 3.12. The van der Waals surface area contributed by atoms with E-state index in [2.05, 4.69) is 48.0 Å². The van der Waals surface area contributed by atoms with Crippen molar-refractivity contribution in [3.05, 3.63) is 35.5 Å². The van der Waals surface area contributed by atoms with Crippen LogP contribution in [-0.4, -0.2) is 11.6 Å². The maximum Gasteiger partial charge on any atom is 0.0530 e. The number of nitrogens with two attached hydrogens (primary N) is 1. The van der Waals surface area contributed by atoms with E-state index in [1.165, 1.54) is 22.2 Å². The van der Waals surface area contributed by atoms with Gasteiger partial charge in [0.05, 0.1) is 5.52 Å². The molecule has 0 bridgehead atoms. The standard InChI is InChI=1S/C14H21N3/c1-10(2)17-13(9-16-3)7-11-5-4-6-12(8-15)14(11)17/h4-7,10,16H,8-9,15H2,1-3H3. The highest BCUT2D eigenvalue weighted by atomic mass is 15.0. The van der Waals surface area contributed by atoms with Gasteiger partial charge in [-0.3, -0.25) is 0 Å². The summed E-state index contributed by atoms with van der Waals surface area (Å²) in [5.41, 5.74) is 9.67. The van der Waals surface area contributed by atoms with E-state index in [0.717, 1.165) is 6.54 Å². The van der Waals surface area contributed by atoms with Crippen molar-refractivity contribution in [2.45, 2.75) is 33.0 Å². The van der Waals surface area contributed by atoms with E-state index in [1.807, 2.05) is 7.05 Å². The summed E-state index contributed by atoms with van der Waals surface area (Å²) in [7, 11) is 1.98. The molecule has 1 heterocycles. The van der Waals surface area contributed by atoms with Crippen LogP contribution >= 0.6 is 0 Å². The van der Waals surface area contributed by atoms with Crippen molar-refractivity contribution >= 4 is 10.9 Å². The minimum Gasteiger partial charge on any atom is -0.341 e. The molecule has 92 valence electrons. The normalized spacial score (nSPS) is 11.6. The number of para-hydroxylation sites is 1. The van der Waals surface area contributed by atoms with E-state index in [1.54, 1.807) is 0 Å². The minimum atomic E-state index is 0.448. The van der Waals surface area contributed by atoms with Gasteiger partial charge in [0, 0.05) is 30.2 Å². The third kappa shape index (κ3) is 2.08. The Balaban J connectivity index is 2.72.